The molecule has 1 N–H and O–H groups in total. The molecule has 1 spiro atoms. The minimum absolute atomic E-state index is 0.103. The second-order valence-electron chi connectivity index (χ2n) is 14.6. The first kappa shape index (κ1) is 34.3. The normalized spacial score (nSPS) is 26.8. The van der Waals surface area contributed by atoms with E-state index in [9.17, 15) is 27.9 Å². The van der Waals surface area contributed by atoms with E-state index < -0.39 is 40.9 Å². The first-order chi connectivity index (χ1) is 23.8. The van der Waals surface area contributed by atoms with Crippen LogP contribution in [0.2, 0.25) is 0 Å². The summed E-state index contributed by atoms with van der Waals surface area (Å²) in [6, 6.07) is 18.2. The zero-order chi connectivity index (χ0) is 35.4. The topological polar surface area (TPSA) is 79.3 Å². The highest BCUT2D eigenvalue weighted by atomic mass is 19.4. The van der Waals surface area contributed by atoms with Gasteiger partial charge in [-0.3, -0.25) is 14.5 Å². The van der Waals surface area contributed by atoms with Crippen LogP contribution in [0.5, 0.6) is 11.5 Å². The predicted octanol–water partition coefficient (Wildman–Crippen LogP) is 6.59. The van der Waals surface area contributed by atoms with Gasteiger partial charge in [-0.05, 0) is 85.5 Å². The van der Waals surface area contributed by atoms with E-state index in [2.05, 4.69) is 17.0 Å². The maximum Gasteiger partial charge on any atom is 0.416 e. The summed E-state index contributed by atoms with van der Waals surface area (Å²) in [4.78, 5) is 30.5. The van der Waals surface area contributed by atoms with Gasteiger partial charge in [0.2, 0.25) is 5.91 Å². The second kappa shape index (κ2) is 12.9. The van der Waals surface area contributed by atoms with Gasteiger partial charge in [-0.2, -0.15) is 13.2 Å². The molecule has 2 unspecified atom stereocenters. The molecule has 50 heavy (non-hydrogen) atoms. The van der Waals surface area contributed by atoms with Crippen molar-refractivity contribution in [2.75, 3.05) is 19.6 Å². The lowest BCUT2D eigenvalue weighted by Crippen LogP contribution is -2.78. The lowest BCUT2D eigenvalue weighted by atomic mass is 9.48. The SMILES string of the molecule is CC(=O)Oc1ccc2c3c1OC1C(N(CC(C)C)C(=O)/C=C/c4ccc(C(F)(F)F)cc4)CC[C@@]4(O)[C@@H](C2)N(CCc2ccccc2)CC[C@]314. The van der Waals surface area contributed by atoms with E-state index in [1.54, 1.807) is 6.07 Å². The highest BCUT2D eigenvalue weighted by Crippen LogP contribution is 2.66. The molecule has 3 aromatic rings. The molecule has 2 aliphatic heterocycles. The number of nitrogens with zero attached hydrogens (tertiary/aromatic N) is 2. The van der Waals surface area contributed by atoms with Crippen LogP contribution in [0, 0.1) is 5.92 Å². The Kier molecular flexibility index (Phi) is 8.83. The van der Waals surface area contributed by atoms with Gasteiger partial charge in [0, 0.05) is 37.7 Å². The summed E-state index contributed by atoms with van der Waals surface area (Å²) >= 11 is 0. The summed E-state index contributed by atoms with van der Waals surface area (Å²) < 4.78 is 51.9. The van der Waals surface area contributed by atoms with E-state index in [0.717, 1.165) is 42.8 Å². The van der Waals surface area contributed by atoms with Crippen molar-refractivity contribution in [2.24, 2.45) is 5.92 Å². The van der Waals surface area contributed by atoms with Crippen molar-refractivity contribution in [3.63, 3.8) is 0 Å². The largest absolute Gasteiger partial charge is 0.483 e. The quantitative estimate of drug-likeness (QED) is 0.155. The third kappa shape index (κ3) is 5.80. The van der Waals surface area contributed by atoms with Gasteiger partial charge >= 0.3 is 12.1 Å². The average Bonchev–Trinajstić information content (AvgIpc) is 3.43. The first-order valence-corrected chi connectivity index (χ1v) is 17.5. The van der Waals surface area contributed by atoms with Gasteiger partial charge in [0.1, 0.15) is 6.10 Å². The molecular formula is C40H43F3N2O5. The van der Waals surface area contributed by atoms with Crippen molar-refractivity contribution < 1.29 is 37.3 Å². The number of halogens is 3. The summed E-state index contributed by atoms with van der Waals surface area (Å²) in [5.74, 6) is 0.139. The molecule has 2 aliphatic carbocycles. The fourth-order valence-corrected chi connectivity index (χ4v) is 9.16. The number of ether oxygens (including phenoxy) is 2. The standard InChI is InChI=1S/C40H43F3N2O5/c1-25(2)24-45(34(47)16-11-28-9-13-30(14-10-28)40(41,42)43)31-17-19-39(48)33-23-29-12-15-32(49-26(3)46)36-35(29)38(39,37(31)50-36)20-22-44(33)21-18-27-7-5-4-6-8-27/h4-16,25,31,33,37,48H,17-24H2,1-3H3/b16-11+/t31?,33-,37?,38+,39-/m1/s1. The summed E-state index contributed by atoms with van der Waals surface area (Å²) in [7, 11) is 0. The van der Waals surface area contributed by atoms with E-state index in [1.807, 2.05) is 43.0 Å². The Morgan fingerprint density at radius 1 is 1.08 bits per heavy atom. The number of esters is 1. The van der Waals surface area contributed by atoms with E-state index >= 15 is 0 Å². The second-order valence-corrected chi connectivity index (χ2v) is 14.6. The Morgan fingerprint density at radius 3 is 2.50 bits per heavy atom. The van der Waals surface area contributed by atoms with Crippen LogP contribution < -0.4 is 9.47 Å². The molecular weight excluding hydrogens is 645 g/mol. The van der Waals surface area contributed by atoms with Gasteiger partial charge < -0.3 is 19.5 Å². The minimum Gasteiger partial charge on any atom is -0.483 e. The molecule has 5 atom stereocenters. The van der Waals surface area contributed by atoms with Crippen LogP contribution in [0.1, 0.15) is 67.9 Å². The Balaban J connectivity index is 1.25. The van der Waals surface area contributed by atoms with Gasteiger partial charge in [-0.1, -0.05) is 62.4 Å². The third-order valence-corrected chi connectivity index (χ3v) is 11.2. The zero-order valence-electron chi connectivity index (χ0n) is 28.6. The number of amides is 1. The highest BCUT2D eigenvalue weighted by Gasteiger charge is 2.73. The minimum atomic E-state index is -4.45. The number of alkyl halides is 3. The van der Waals surface area contributed by atoms with Crippen molar-refractivity contribution in [3.05, 3.63) is 101 Å². The highest BCUT2D eigenvalue weighted by molar-refractivity contribution is 5.92. The van der Waals surface area contributed by atoms with E-state index in [4.69, 9.17) is 9.47 Å². The van der Waals surface area contributed by atoms with Crippen LogP contribution in [0.4, 0.5) is 13.2 Å². The van der Waals surface area contributed by atoms with Crippen molar-refractivity contribution in [3.8, 4) is 11.5 Å². The number of carbonyl (C=O) groups excluding carboxylic acids is 2. The summed E-state index contributed by atoms with van der Waals surface area (Å²) in [5, 5.41) is 13.1. The van der Waals surface area contributed by atoms with Gasteiger partial charge in [-0.15, -0.1) is 0 Å². The van der Waals surface area contributed by atoms with Crippen molar-refractivity contribution >= 4 is 18.0 Å². The van der Waals surface area contributed by atoms with Crippen LogP contribution in [-0.4, -0.2) is 70.2 Å². The molecule has 1 amide bonds. The van der Waals surface area contributed by atoms with E-state index in [0.29, 0.717) is 49.3 Å². The van der Waals surface area contributed by atoms with Gasteiger partial charge in [0.25, 0.3) is 0 Å². The molecule has 7 nitrogen and oxygen atoms in total. The van der Waals surface area contributed by atoms with E-state index in [-0.39, 0.29) is 17.9 Å². The number of carbonyl (C=O) groups is 2. The molecule has 3 aromatic carbocycles. The number of rotatable bonds is 9. The number of piperidine rings is 1. The Bertz CT molecular complexity index is 1790. The van der Waals surface area contributed by atoms with Crippen LogP contribution >= 0.6 is 0 Å². The molecule has 2 fully saturated rings. The molecule has 1 saturated carbocycles. The zero-order valence-corrected chi connectivity index (χ0v) is 28.6. The van der Waals surface area contributed by atoms with Crippen molar-refractivity contribution in [2.45, 2.75) is 88.3 Å². The van der Waals surface area contributed by atoms with Crippen LogP contribution in [0.25, 0.3) is 6.08 Å². The Morgan fingerprint density at radius 2 is 1.82 bits per heavy atom. The molecule has 2 bridgehead atoms. The molecule has 1 saturated heterocycles. The Hall–Kier alpha value is -4.15. The molecule has 7 rings (SSSR count). The number of hydrogen-bond acceptors (Lipinski definition) is 6. The fourth-order valence-electron chi connectivity index (χ4n) is 9.16. The van der Waals surface area contributed by atoms with Crippen LogP contribution in [-0.2, 0) is 34.0 Å². The molecule has 10 heteroatoms. The lowest BCUT2D eigenvalue weighted by Gasteiger charge is -2.65. The number of aliphatic hydroxyl groups is 1. The first-order valence-electron chi connectivity index (χ1n) is 17.5. The average molecular weight is 689 g/mol. The van der Waals surface area contributed by atoms with Crippen molar-refractivity contribution in [1.82, 2.24) is 9.80 Å². The molecule has 0 aromatic heterocycles. The Labute approximate surface area is 290 Å². The number of hydrogen-bond donors (Lipinski definition) is 1. The van der Waals surface area contributed by atoms with Gasteiger partial charge in [0.05, 0.1) is 22.6 Å². The lowest BCUT2D eigenvalue weighted by molar-refractivity contribution is -0.201. The third-order valence-electron chi connectivity index (χ3n) is 11.2. The van der Waals surface area contributed by atoms with Crippen molar-refractivity contribution in [1.29, 1.82) is 0 Å². The summed E-state index contributed by atoms with van der Waals surface area (Å²) in [5.41, 5.74) is 0.923. The maximum atomic E-state index is 14.1. The summed E-state index contributed by atoms with van der Waals surface area (Å²) in [6.45, 7) is 7.35. The molecule has 0 radical (unpaired) electrons. The van der Waals surface area contributed by atoms with E-state index in [1.165, 1.54) is 36.8 Å². The monoisotopic (exact) mass is 688 g/mol. The predicted molar refractivity (Wildman–Crippen MR) is 183 cm³/mol. The van der Waals surface area contributed by atoms with Crippen LogP contribution in [0.15, 0.2) is 72.8 Å². The molecule has 264 valence electrons. The maximum absolute atomic E-state index is 14.1. The van der Waals surface area contributed by atoms with Gasteiger partial charge in [-0.25, -0.2) is 0 Å². The fraction of sp³-hybridized carbons (Fsp3) is 0.450. The smallest absolute Gasteiger partial charge is 0.416 e. The molecule has 2 heterocycles. The van der Waals surface area contributed by atoms with Crippen LogP contribution in [0.3, 0.4) is 0 Å². The molecule has 4 aliphatic rings. The number of likely N-dealkylation sites (tertiary alicyclic amines) is 1. The summed E-state index contributed by atoms with van der Waals surface area (Å²) in [6.07, 6.45) is 0.926. The van der Waals surface area contributed by atoms with Gasteiger partial charge in [0.15, 0.2) is 11.5 Å². The number of benzene rings is 3.